The van der Waals surface area contributed by atoms with Gasteiger partial charge in [0.1, 0.15) is 0 Å². The lowest BCUT2D eigenvalue weighted by Crippen LogP contribution is -2.12. The third-order valence-corrected chi connectivity index (χ3v) is 8.22. The Hall–Kier alpha value is -4.54. The number of rotatable bonds is 8. The van der Waals surface area contributed by atoms with Crippen LogP contribution >= 0.6 is 11.3 Å². The topological polar surface area (TPSA) is 125 Å². The maximum Gasteiger partial charge on any atom is 0.224 e. The largest absolute Gasteiger partial charge is 0.352 e. The van der Waals surface area contributed by atoms with Crippen LogP contribution in [0.1, 0.15) is 59.6 Å². The van der Waals surface area contributed by atoms with Crippen molar-refractivity contribution in [3.05, 3.63) is 83.0 Å². The van der Waals surface area contributed by atoms with E-state index in [4.69, 9.17) is 9.98 Å². The van der Waals surface area contributed by atoms with Crippen molar-refractivity contribution in [3.63, 3.8) is 0 Å². The van der Waals surface area contributed by atoms with E-state index in [2.05, 4.69) is 38.6 Å². The van der Waals surface area contributed by atoms with Gasteiger partial charge in [0.2, 0.25) is 5.91 Å². The van der Waals surface area contributed by atoms with Crippen LogP contribution in [0.3, 0.4) is 0 Å². The zero-order chi connectivity index (χ0) is 28.3. The molecule has 1 aliphatic rings. The summed E-state index contributed by atoms with van der Waals surface area (Å²) in [5.74, 6) is 0.0333. The van der Waals surface area contributed by atoms with Gasteiger partial charge in [-0.25, -0.2) is 0 Å². The molecule has 0 aliphatic carbocycles. The molecular weight excluding hydrogens is 534 g/mol. The first-order chi connectivity index (χ1) is 20.0. The minimum Gasteiger partial charge on any atom is -0.352 e. The fourth-order valence-electron chi connectivity index (χ4n) is 4.90. The minimum atomic E-state index is -0.0195. The predicted molar refractivity (Wildman–Crippen MR) is 162 cm³/mol. The number of ketones is 1. The van der Waals surface area contributed by atoms with Gasteiger partial charge in [-0.05, 0) is 49.2 Å². The lowest BCUT2D eigenvalue weighted by Gasteiger charge is -2.11. The van der Waals surface area contributed by atoms with Crippen molar-refractivity contribution in [2.24, 2.45) is 4.99 Å². The number of amides is 1. The maximum atomic E-state index is 12.3. The van der Waals surface area contributed by atoms with E-state index in [9.17, 15) is 9.59 Å². The van der Waals surface area contributed by atoms with Crippen LogP contribution in [-0.2, 0) is 11.3 Å². The summed E-state index contributed by atoms with van der Waals surface area (Å²) in [4.78, 5) is 47.8. The van der Waals surface area contributed by atoms with Crippen molar-refractivity contribution in [3.8, 4) is 21.7 Å². The van der Waals surface area contributed by atoms with Crippen molar-refractivity contribution >= 4 is 45.3 Å². The van der Waals surface area contributed by atoms with Gasteiger partial charge in [0, 0.05) is 58.5 Å². The standard InChI is InChI=1S/C31H29N7O2S/c1-3-4-5-30(40)37-21-8-19(11-32-14-21)25-9-22-20(13-35-25)12-34-17-36-31(22)26-10-23-24(15-33-16-27(23)38-26)29-7-6-28(41-29)18(2)39/h6-11,13-16,34,38H,3-5,12,17H2,1-2H3,(H,37,40). The smallest absolute Gasteiger partial charge is 0.224 e. The van der Waals surface area contributed by atoms with Crippen LogP contribution < -0.4 is 10.6 Å². The molecule has 6 heterocycles. The van der Waals surface area contributed by atoms with E-state index in [1.807, 2.05) is 42.9 Å². The molecule has 1 aliphatic heterocycles. The van der Waals surface area contributed by atoms with Gasteiger partial charge in [-0.3, -0.25) is 34.9 Å². The van der Waals surface area contributed by atoms with Gasteiger partial charge in [0.15, 0.2) is 5.78 Å². The maximum absolute atomic E-state index is 12.3. The van der Waals surface area contributed by atoms with E-state index in [0.29, 0.717) is 25.3 Å². The highest BCUT2D eigenvalue weighted by atomic mass is 32.1. The zero-order valence-electron chi connectivity index (χ0n) is 22.8. The number of carbonyl (C=O) groups excluding carboxylic acids is 2. The van der Waals surface area contributed by atoms with Crippen LogP contribution in [-0.4, -0.2) is 44.0 Å². The Morgan fingerprint density at radius 2 is 1.90 bits per heavy atom. The second kappa shape index (κ2) is 11.5. The van der Waals surface area contributed by atoms with E-state index in [1.165, 1.54) is 11.3 Å². The number of hydrogen-bond donors (Lipinski definition) is 3. The molecule has 0 radical (unpaired) electrons. The summed E-state index contributed by atoms with van der Waals surface area (Å²) < 4.78 is 0. The number of pyridine rings is 3. The Labute approximate surface area is 241 Å². The van der Waals surface area contributed by atoms with Crippen LogP contribution in [0.4, 0.5) is 5.69 Å². The highest BCUT2D eigenvalue weighted by Crippen LogP contribution is 2.34. The molecule has 41 heavy (non-hydrogen) atoms. The Kier molecular flexibility index (Phi) is 7.49. The first-order valence-corrected chi connectivity index (χ1v) is 14.4. The van der Waals surface area contributed by atoms with E-state index in [1.54, 1.807) is 19.3 Å². The molecule has 0 bridgehead atoms. The van der Waals surface area contributed by atoms with Gasteiger partial charge >= 0.3 is 0 Å². The summed E-state index contributed by atoms with van der Waals surface area (Å²) in [6, 6.07) is 9.86. The number of nitrogens with one attached hydrogen (secondary N) is 3. The molecule has 9 nitrogen and oxygen atoms in total. The molecule has 0 atom stereocenters. The summed E-state index contributed by atoms with van der Waals surface area (Å²) in [5.41, 5.74) is 7.74. The molecule has 206 valence electrons. The number of nitrogens with zero attached hydrogens (tertiary/aromatic N) is 4. The van der Waals surface area contributed by atoms with Crippen molar-refractivity contribution in [1.82, 2.24) is 25.3 Å². The van der Waals surface area contributed by atoms with Crippen molar-refractivity contribution in [2.45, 2.75) is 39.7 Å². The quantitative estimate of drug-likeness (QED) is 0.200. The van der Waals surface area contributed by atoms with E-state index >= 15 is 0 Å². The van der Waals surface area contributed by atoms with Crippen molar-refractivity contribution in [1.29, 1.82) is 0 Å². The third-order valence-electron chi connectivity index (χ3n) is 7.00. The average Bonchev–Trinajstić information content (AvgIpc) is 3.59. The molecule has 6 rings (SSSR count). The first-order valence-electron chi connectivity index (χ1n) is 13.6. The summed E-state index contributed by atoms with van der Waals surface area (Å²) >= 11 is 1.47. The molecule has 5 aromatic rings. The van der Waals surface area contributed by atoms with E-state index in [0.717, 1.165) is 72.9 Å². The Balaban J connectivity index is 1.37. The monoisotopic (exact) mass is 563 g/mol. The van der Waals surface area contributed by atoms with Gasteiger partial charge < -0.3 is 10.3 Å². The number of thiophene rings is 1. The number of Topliss-reactive ketones (excluding diaryl/α,β-unsaturated/α-hetero) is 1. The third kappa shape index (κ3) is 5.57. The highest BCUT2D eigenvalue weighted by Gasteiger charge is 2.20. The van der Waals surface area contributed by atoms with E-state index in [-0.39, 0.29) is 11.7 Å². The minimum absolute atomic E-state index is 0.0195. The summed E-state index contributed by atoms with van der Waals surface area (Å²) in [5, 5.41) is 7.31. The van der Waals surface area contributed by atoms with Crippen LogP contribution in [0.15, 0.2) is 66.3 Å². The normalized spacial score (nSPS) is 13.0. The second-order valence-corrected chi connectivity index (χ2v) is 11.1. The number of H-pyrrole nitrogens is 1. The van der Waals surface area contributed by atoms with Crippen molar-refractivity contribution < 1.29 is 9.59 Å². The molecule has 5 aromatic heterocycles. The second-order valence-electron chi connectivity index (χ2n) is 9.98. The molecular formula is C31H29N7O2S. The van der Waals surface area contributed by atoms with E-state index < -0.39 is 0 Å². The Morgan fingerprint density at radius 3 is 2.73 bits per heavy atom. The number of fused-ring (bicyclic) bond motifs is 2. The highest BCUT2D eigenvalue weighted by molar-refractivity contribution is 7.17. The molecule has 0 saturated heterocycles. The number of aromatic amines is 1. The fraction of sp³-hybridized carbons (Fsp3) is 0.226. The molecule has 1 amide bonds. The number of hydrogen-bond acceptors (Lipinski definition) is 8. The number of anilines is 1. The SMILES string of the molecule is CCCCC(=O)Nc1cncc(-c2cc3c(cn2)CNCN=C3c2cc3c(-c4ccc(C(C)=O)s4)cncc3[nH]2)c1. The van der Waals surface area contributed by atoms with Crippen LogP contribution in [0.25, 0.3) is 32.6 Å². The van der Waals surface area contributed by atoms with Gasteiger partial charge in [-0.1, -0.05) is 13.3 Å². The fourth-order valence-corrected chi connectivity index (χ4v) is 5.83. The lowest BCUT2D eigenvalue weighted by molar-refractivity contribution is -0.116. The van der Waals surface area contributed by atoms with Gasteiger partial charge in [0.25, 0.3) is 0 Å². The molecule has 0 unspecified atom stereocenters. The summed E-state index contributed by atoms with van der Waals surface area (Å²) in [6.07, 6.45) is 11.2. The van der Waals surface area contributed by atoms with Crippen LogP contribution in [0.2, 0.25) is 0 Å². The number of unbranched alkanes of at least 4 members (excludes halogenated alkanes) is 1. The molecule has 0 aromatic carbocycles. The Morgan fingerprint density at radius 1 is 1.02 bits per heavy atom. The van der Waals surface area contributed by atoms with Gasteiger partial charge in [-0.15, -0.1) is 11.3 Å². The first kappa shape index (κ1) is 26.7. The number of aromatic nitrogens is 4. The predicted octanol–water partition coefficient (Wildman–Crippen LogP) is 5.98. The average molecular weight is 564 g/mol. The number of carbonyl (C=O) groups is 2. The lowest BCUT2D eigenvalue weighted by atomic mass is 10.00. The van der Waals surface area contributed by atoms with Crippen LogP contribution in [0, 0.1) is 0 Å². The Bertz CT molecular complexity index is 1800. The molecule has 3 N–H and O–H groups in total. The summed E-state index contributed by atoms with van der Waals surface area (Å²) in [7, 11) is 0. The molecule has 10 heteroatoms. The number of aliphatic imine (C=N–C) groups is 1. The zero-order valence-corrected chi connectivity index (χ0v) is 23.6. The van der Waals surface area contributed by atoms with Crippen LogP contribution in [0.5, 0.6) is 0 Å². The van der Waals surface area contributed by atoms with Gasteiger partial charge in [0.05, 0.1) is 52.2 Å². The molecule has 0 fully saturated rings. The molecule has 0 saturated carbocycles. The summed E-state index contributed by atoms with van der Waals surface area (Å²) in [6.45, 7) is 4.75. The van der Waals surface area contributed by atoms with Crippen molar-refractivity contribution in [2.75, 3.05) is 12.0 Å². The van der Waals surface area contributed by atoms with Gasteiger partial charge in [-0.2, -0.15) is 0 Å². The molecule has 0 spiro atoms.